The second kappa shape index (κ2) is 9.33. The van der Waals surface area contributed by atoms with Crippen LogP contribution in [0.4, 0.5) is 17.3 Å². The Morgan fingerprint density at radius 3 is 2.83 bits per heavy atom. The highest BCUT2D eigenvalue weighted by Gasteiger charge is 2.25. The summed E-state index contributed by atoms with van der Waals surface area (Å²) in [5, 5.41) is 17.4. The lowest BCUT2D eigenvalue weighted by atomic mass is 10.1. The van der Waals surface area contributed by atoms with Crippen molar-refractivity contribution in [3.8, 4) is 11.3 Å². The van der Waals surface area contributed by atoms with Gasteiger partial charge < -0.3 is 26.1 Å². The Hall–Kier alpha value is -4.00. The third-order valence-corrected chi connectivity index (χ3v) is 5.86. The first kappa shape index (κ1) is 22.8. The smallest absolute Gasteiger partial charge is 0.275 e. The molecule has 2 atom stereocenters. The standard InChI is InChI=1S/C23H25N9O3/c1-11(24)19-21-20(28-10-27-19)13-5-17(29-18(6-13)31-23(35-32-21)12(2)25-3)30-22(33)16-4-14-8-34-9-15(14)7-26-16/h4-7,10,12,23-25,32H,8-9H2,1-3H3,(H2,29,30,31,33). The van der Waals surface area contributed by atoms with Crippen LogP contribution in [0.15, 0.2) is 30.7 Å². The molecule has 12 heteroatoms. The van der Waals surface area contributed by atoms with Gasteiger partial charge in [0.15, 0.2) is 6.23 Å². The van der Waals surface area contributed by atoms with E-state index in [4.69, 9.17) is 15.0 Å². The van der Waals surface area contributed by atoms with Crippen LogP contribution < -0.4 is 21.4 Å². The predicted molar refractivity (Wildman–Crippen MR) is 129 cm³/mol. The van der Waals surface area contributed by atoms with E-state index in [0.29, 0.717) is 47.5 Å². The fourth-order valence-electron chi connectivity index (χ4n) is 3.83. The maximum Gasteiger partial charge on any atom is 0.275 e. The molecule has 12 nitrogen and oxygen atoms in total. The van der Waals surface area contributed by atoms with E-state index in [-0.39, 0.29) is 17.4 Å². The molecule has 2 aliphatic heterocycles. The summed E-state index contributed by atoms with van der Waals surface area (Å²) in [5.41, 5.74) is 7.41. The molecule has 1 amide bonds. The van der Waals surface area contributed by atoms with Gasteiger partial charge in [0.2, 0.25) is 0 Å². The number of fused-ring (bicyclic) bond motifs is 5. The van der Waals surface area contributed by atoms with Crippen LogP contribution in [-0.4, -0.2) is 50.9 Å². The first-order valence-corrected chi connectivity index (χ1v) is 11.1. The highest BCUT2D eigenvalue weighted by molar-refractivity contribution is 6.04. The average molecular weight is 476 g/mol. The largest absolute Gasteiger partial charge is 0.372 e. The lowest BCUT2D eigenvalue weighted by molar-refractivity contribution is 0.0954. The zero-order chi connectivity index (χ0) is 24.5. The van der Waals surface area contributed by atoms with Gasteiger partial charge in [0.25, 0.3) is 5.91 Å². The molecule has 2 bridgehead atoms. The van der Waals surface area contributed by atoms with Gasteiger partial charge in [0.1, 0.15) is 40.7 Å². The topological polar surface area (TPSA) is 159 Å². The Morgan fingerprint density at radius 1 is 1.20 bits per heavy atom. The summed E-state index contributed by atoms with van der Waals surface area (Å²) in [4.78, 5) is 36.4. The summed E-state index contributed by atoms with van der Waals surface area (Å²) in [7, 11) is 1.82. The number of likely N-dealkylation sites (N-methyl/N-ethyl adjacent to an activating group) is 1. The van der Waals surface area contributed by atoms with Crippen molar-refractivity contribution in [2.24, 2.45) is 0 Å². The number of pyridine rings is 2. The Balaban J connectivity index is 1.55. The summed E-state index contributed by atoms with van der Waals surface area (Å²) >= 11 is 0. The molecule has 0 spiro atoms. The van der Waals surface area contributed by atoms with Crippen molar-refractivity contribution in [1.29, 1.82) is 5.41 Å². The Kier molecular flexibility index (Phi) is 6.07. The van der Waals surface area contributed by atoms with E-state index in [2.05, 4.69) is 41.4 Å². The fourth-order valence-corrected chi connectivity index (χ4v) is 3.83. The van der Waals surface area contributed by atoms with Crippen LogP contribution in [0.2, 0.25) is 0 Å². The van der Waals surface area contributed by atoms with E-state index in [0.717, 1.165) is 11.1 Å². The zero-order valence-electron chi connectivity index (χ0n) is 19.5. The molecule has 35 heavy (non-hydrogen) atoms. The van der Waals surface area contributed by atoms with Crippen molar-refractivity contribution < 1.29 is 14.4 Å². The summed E-state index contributed by atoms with van der Waals surface area (Å²) in [6.07, 6.45) is 2.51. The molecule has 0 aromatic carbocycles. The number of carbonyl (C=O) groups is 1. The first-order chi connectivity index (χ1) is 16.9. The summed E-state index contributed by atoms with van der Waals surface area (Å²) in [6, 6.07) is 5.12. The molecule has 180 valence electrons. The summed E-state index contributed by atoms with van der Waals surface area (Å²) in [5.74, 6) is 0.393. The van der Waals surface area contributed by atoms with E-state index in [9.17, 15) is 4.79 Å². The fraction of sp³-hybridized carbons (Fsp3) is 0.304. The molecule has 5 rings (SSSR count). The number of aromatic nitrogens is 4. The second-order valence-electron chi connectivity index (χ2n) is 8.34. The van der Waals surface area contributed by atoms with Gasteiger partial charge in [0, 0.05) is 17.3 Å². The first-order valence-electron chi connectivity index (χ1n) is 11.1. The van der Waals surface area contributed by atoms with Gasteiger partial charge in [-0.2, -0.15) is 0 Å². The Morgan fingerprint density at radius 2 is 2.03 bits per heavy atom. The van der Waals surface area contributed by atoms with Crippen LogP contribution >= 0.6 is 0 Å². The summed E-state index contributed by atoms with van der Waals surface area (Å²) in [6.45, 7) is 4.55. The molecule has 5 N–H and O–H groups in total. The van der Waals surface area contributed by atoms with Crippen LogP contribution in [0.25, 0.3) is 11.3 Å². The SMILES string of the molecule is CNC(C)C1Nc2cc(cc(NC(=O)c3cc4c(cn3)COC4)n2)-c2ncnc(C(C)=N)c2NO1. The molecule has 0 saturated carbocycles. The molecular weight excluding hydrogens is 450 g/mol. The lowest BCUT2D eigenvalue weighted by Gasteiger charge is -2.25. The minimum atomic E-state index is -0.547. The third-order valence-electron chi connectivity index (χ3n) is 5.86. The van der Waals surface area contributed by atoms with E-state index in [1.165, 1.54) is 6.33 Å². The van der Waals surface area contributed by atoms with Crippen LogP contribution in [0.5, 0.6) is 0 Å². The molecule has 0 fully saturated rings. The molecule has 0 aliphatic carbocycles. The number of hydrogen-bond donors (Lipinski definition) is 5. The Labute approximate surface area is 201 Å². The van der Waals surface area contributed by atoms with E-state index in [1.54, 1.807) is 31.3 Å². The number of nitrogens with one attached hydrogen (secondary N) is 5. The van der Waals surface area contributed by atoms with Crippen molar-refractivity contribution in [3.05, 3.63) is 53.2 Å². The maximum atomic E-state index is 13.0. The zero-order valence-corrected chi connectivity index (χ0v) is 19.5. The molecule has 5 heterocycles. The number of rotatable bonds is 5. The van der Waals surface area contributed by atoms with Gasteiger partial charge in [0.05, 0.1) is 25.0 Å². The minimum Gasteiger partial charge on any atom is -0.372 e. The van der Waals surface area contributed by atoms with Gasteiger partial charge >= 0.3 is 0 Å². The molecule has 3 aromatic rings. The van der Waals surface area contributed by atoms with Crippen LogP contribution in [-0.2, 0) is 22.8 Å². The van der Waals surface area contributed by atoms with Gasteiger partial charge in [-0.25, -0.2) is 19.8 Å². The van der Waals surface area contributed by atoms with Crippen LogP contribution in [0.3, 0.4) is 0 Å². The number of carbonyl (C=O) groups excluding carboxylic acids is 1. The van der Waals surface area contributed by atoms with E-state index in [1.807, 2.05) is 14.0 Å². The molecule has 0 radical (unpaired) electrons. The van der Waals surface area contributed by atoms with Gasteiger partial charge in [-0.1, -0.05) is 0 Å². The molecule has 2 aliphatic rings. The maximum absolute atomic E-state index is 13.0. The Bertz CT molecular complexity index is 1310. The quantitative estimate of drug-likeness (QED) is 0.347. The average Bonchev–Trinajstić information content (AvgIpc) is 3.34. The number of ether oxygens (including phenoxy) is 1. The van der Waals surface area contributed by atoms with Crippen molar-refractivity contribution in [2.45, 2.75) is 39.3 Å². The monoisotopic (exact) mass is 475 g/mol. The highest BCUT2D eigenvalue weighted by Crippen LogP contribution is 2.33. The van der Waals surface area contributed by atoms with Crippen molar-refractivity contribution in [1.82, 2.24) is 25.3 Å². The highest BCUT2D eigenvalue weighted by atomic mass is 16.7. The third kappa shape index (κ3) is 4.54. The number of anilines is 3. The second-order valence-corrected chi connectivity index (χ2v) is 8.34. The van der Waals surface area contributed by atoms with Crippen molar-refractivity contribution in [3.63, 3.8) is 0 Å². The normalized spacial score (nSPS) is 16.9. The minimum absolute atomic E-state index is 0.125. The molecule has 3 aromatic heterocycles. The van der Waals surface area contributed by atoms with Crippen LogP contribution in [0.1, 0.15) is 41.2 Å². The molecule has 2 unspecified atom stereocenters. The van der Waals surface area contributed by atoms with Gasteiger partial charge in [-0.05, 0) is 44.7 Å². The van der Waals surface area contributed by atoms with Gasteiger partial charge in [-0.15, -0.1) is 0 Å². The van der Waals surface area contributed by atoms with E-state index >= 15 is 0 Å². The van der Waals surface area contributed by atoms with Crippen LogP contribution in [0, 0.1) is 5.41 Å². The number of nitrogens with zero attached hydrogens (tertiary/aromatic N) is 4. The van der Waals surface area contributed by atoms with E-state index < -0.39 is 12.1 Å². The number of hydrogen-bond acceptors (Lipinski definition) is 11. The van der Waals surface area contributed by atoms with Crippen molar-refractivity contribution in [2.75, 3.05) is 23.2 Å². The lowest BCUT2D eigenvalue weighted by Crippen LogP contribution is -2.43. The van der Waals surface area contributed by atoms with Gasteiger partial charge in [-0.3, -0.25) is 15.3 Å². The predicted octanol–water partition coefficient (Wildman–Crippen LogP) is 2.31. The summed E-state index contributed by atoms with van der Waals surface area (Å²) < 4.78 is 5.42. The van der Waals surface area contributed by atoms with Crippen molar-refractivity contribution >= 4 is 28.9 Å². The molecular formula is C23H25N9O3. The number of amides is 1. The molecule has 0 saturated heterocycles.